The van der Waals surface area contributed by atoms with Gasteiger partial charge in [0, 0.05) is 33.7 Å². The third-order valence-corrected chi connectivity index (χ3v) is 6.92. The molecule has 0 saturated carbocycles. The Hall–Kier alpha value is -3.48. The number of carbonyl (C=O) groups excluding carboxylic acids is 1. The van der Waals surface area contributed by atoms with Gasteiger partial charge in [-0.2, -0.15) is 0 Å². The number of amidine groups is 1. The monoisotopic (exact) mass is 487 g/mol. The Kier molecular flexibility index (Phi) is 6.18. The number of methoxy groups -OCH3 is 1. The highest BCUT2D eigenvalue weighted by Crippen LogP contribution is 2.33. The van der Waals surface area contributed by atoms with Crippen molar-refractivity contribution in [2.75, 3.05) is 7.11 Å². The third-order valence-electron chi connectivity index (χ3n) is 5.76. The van der Waals surface area contributed by atoms with Crippen LogP contribution in [-0.2, 0) is 11.3 Å². The molecule has 34 heavy (non-hydrogen) atoms. The second kappa shape index (κ2) is 9.41. The molecule has 0 spiro atoms. The number of benzene rings is 3. The van der Waals surface area contributed by atoms with Gasteiger partial charge < -0.3 is 14.6 Å². The quantitative estimate of drug-likeness (QED) is 0.325. The van der Waals surface area contributed by atoms with Crippen molar-refractivity contribution in [3.63, 3.8) is 0 Å². The number of rotatable bonds is 5. The van der Waals surface area contributed by atoms with Gasteiger partial charge in [0.05, 0.1) is 17.7 Å². The van der Waals surface area contributed by atoms with Crippen LogP contribution in [0.15, 0.2) is 82.7 Å². The minimum absolute atomic E-state index is 0.147. The second-order valence-corrected chi connectivity index (χ2v) is 9.38. The maximum Gasteiger partial charge on any atom is 0.264 e. The molecule has 7 heteroatoms. The van der Waals surface area contributed by atoms with E-state index in [0.29, 0.717) is 10.1 Å². The average molecular weight is 488 g/mol. The number of halogens is 1. The molecule has 0 atom stereocenters. The second-order valence-electron chi connectivity index (χ2n) is 7.91. The SMILES string of the molecule is COc1ccc(N=C2NC(=O)/C(=C\c3c(C)n(Cc4ccc(Cl)cc4)c4ccccc34)S2)cc1. The Balaban J connectivity index is 1.48. The van der Waals surface area contributed by atoms with E-state index < -0.39 is 0 Å². The smallest absolute Gasteiger partial charge is 0.264 e. The summed E-state index contributed by atoms with van der Waals surface area (Å²) in [6, 6.07) is 23.6. The summed E-state index contributed by atoms with van der Waals surface area (Å²) in [5, 5.41) is 5.26. The van der Waals surface area contributed by atoms with E-state index in [1.807, 2.05) is 66.7 Å². The van der Waals surface area contributed by atoms with Gasteiger partial charge in [-0.15, -0.1) is 0 Å². The Morgan fingerprint density at radius 2 is 1.79 bits per heavy atom. The minimum atomic E-state index is -0.147. The van der Waals surface area contributed by atoms with E-state index in [0.717, 1.165) is 50.7 Å². The predicted molar refractivity (Wildman–Crippen MR) is 141 cm³/mol. The number of nitrogens with zero attached hydrogens (tertiary/aromatic N) is 2. The zero-order chi connectivity index (χ0) is 23.7. The molecule has 5 nitrogen and oxygen atoms in total. The molecule has 1 saturated heterocycles. The summed E-state index contributed by atoms with van der Waals surface area (Å²) < 4.78 is 7.46. The highest BCUT2D eigenvalue weighted by molar-refractivity contribution is 8.18. The molecule has 5 rings (SSSR count). The van der Waals surface area contributed by atoms with Crippen molar-refractivity contribution in [1.29, 1.82) is 0 Å². The molecule has 0 bridgehead atoms. The summed E-state index contributed by atoms with van der Waals surface area (Å²) in [4.78, 5) is 17.9. The molecule has 3 aromatic carbocycles. The van der Waals surface area contributed by atoms with Crippen molar-refractivity contribution in [2.24, 2.45) is 4.99 Å². The predicted octanol–water partition coefficient (Wildman–Crippen LogP) is 6.55. The fourth-order valence-electron chi connectivity index (χ4n) is 4.00. The zero-order valence-corrected chi connectivity index (χ0v) is 20.3. The number of para-hydroxylation sites is 1. The Bertz CT molecular complexity index is 1440. The van der Waals surface area contributed by atoms with Crippen LogP contribution in [0.25, 0.3) is 17.0 Å². The number of amides is 1. The summed E-state index contributed by atoms with van der Waals surface area (Å²) in [7, 11) is 1.62. The molecule has 0 aliphatic carbocycles. The number of aliphatic imine (C=N–C) groups is 1. The van der Waals surface area contributed by atoms with E-state index >= 15 is 0 Å². The third kappa shape index (κ3) is 4.47. The van der Waals surface area contributed by atoms with Crippen LogP contribution < -0.4 is 10.1 Å². The summed E-state index contributed by atoms with van der Waals surface area (Å²) >= 11 is 7.41. The van der Waals surface area contributed by atoms with Crippen LogP contribution in [0, 0.1) is 6.92 Å². The van der Waals surface area contributed by atoms with Gasteiger partial charge in [0.25, 0.3) is 5.91 Å². The van der Waals surface area contributed by atoms with Crippen molar-refractivity contribution in [2.45, 2.75) is 13.5 Å². The average Bonchev–Trinajstić information content (AvgIpc) is 3.32. The summed E-state index contributed by atoms with van der Waals surface area (Å²) in [6.45, 7) is 2.81. The molecular formula is C27H22ClN3O2S. The number of nitrogens with one attached hydrogen (secondary N) is 1. The molecule has 4 aromatic rings. The van der Waals surface area contributed by atoms with Gasteiger partial charge in [-0.1, -0.05) is 41.9 Å². The highest BCUT2D eigenvalue weighted by Gasteiger charge is 2.25. The minimum Gasteiger partial charge on any atom is -0.497 e. The number of ether oxygens (including phenoxy) is 1. The van der Waals surface area contributed by atoms with E-state index in [1.165, 1.54) is 11.8 Å². The summed E-state index contributed by atoms with van der Waals surface area (Å²) in [6.07, 6.45) is 1.96. The number of carbonyl (C=O) groups is 1. The van der Waals surface area contributed by atoms with Crippen LogP contribution in [-0.4, -0.2) is 22.8 Å². The summed E-state index contributed by atoms with van der Waals surface area (Å²) in [5.74, 6) is 0.615. The molecule has 0 unspecified atom stereocenters. The molecular weight excluding hydrogens is 466 g/mol. The first kappa shape index (κ1) is 22.3. The maximum atomic E-state index is 12.7. The molecule has 1 aliphatic heterocycles. The van der Waals surface area contributed by atoms with Crippen molar-refractivity contribution in [3.05, 3.63) is 99.5 Å². The highest BCUT2D eigenvalue weighted by atomic mass is 35.5. The largest absolute Gasteiger partial charge is 0.497 e. The lowest BCUT2D eigenvalue weighted by molar-refractivity contribution is -0.115. The lowest BCUT2D eigenvalue weighted by atomic mass is 10.1. The number of thioether (sulfide) groups is 1. The number of fused-ring (bicyclic) bond motifs is 1. The lowest BCUT2D eigenvalue weighted by Crippen LogP contribution is -2.19. The van der Waals surface area contributed by atoms with Crippen molar-refractivity contribution < 1.29 is 9.53 Å². The van der Waals surface area contributed by atoms with Gasteiger partial charge in [0.1, 0.15) is 5.75 Å². The van der Waals surface area contributed by atoms with E-state index in [4.69, 9.17) is 16.3 Å². The summed E-state index contributed by atoms with van der Waals surface area (Å²) in [5.41, 5.74) is 5.16. The number of hydrogen-bond donors (Lipinski definition) is 1. The van der Waals surface area contributed by atoms with Crippen LogP contribution in [0.2, 0.25) is 5.02 Å². The Morgan fingerprint density at radius 3 is 2.53 bits per heavy atom. The molecule has 170 valence electrons. The van der Waals surface area contributed by atoms with Crippen LogP contribution in [0.4, 0.5) is 5.69 Å². The first-order valence-corrected chi connectivity index (χ1v) is 12.0. The first-order chi connectivity index (χ1) is 16.5. The Morgan fingerprint density at radius 1 is 1.06 bits per heavy atom. The van der Waals surface area contributed by atoms with Gasteiger partial charge in [-0.25, -0.2) is 4.99 Å². The first-order valence-electron chi connectivity index (χ1n) is 10.8. The lowest BCUT2D eigenvalue weighted by Gasteiger charge is -2.09. The fourth-order valence-corrected chi connectivity index (χ4v) is 4.95. The molecule has 1 amide bonds. The van der Waals surface area contributed by atoms with Crippen molar-refractivity contribution >= 4 is 57.1 Å². The molecule has 1 N–H and O–H groups in total. The maximum absolute atomic E-state index is 12.7. The standard InChI is InChI=1S/C27H22ClN3O2S/c1-17-23(15-25-26(32)30-27(34-25)29-20-11-13-21(33-2)14-12-20)22-5-3-4-6-24(22)31(17)16-18-7-9-19(28)10-8-18/h3-15H,16H2,1-2H3,(H,29,30,32)/b25-15+. The van der Waals surface area contributed by atoms with Gasteiger partial charge in [0.2, 0.25) is 0 Å². The fraction of sp³-hybridized carbons (Fsp3) is 0.111. The van der Waals surface area contributed by atoms with Crippen LogP contribution in [0.5, 0.6) is 5.75 Å². The van der Waals surface area contributed by atoms with Gasteiger partial charge in [-0.3, -0.25) is 4.79 Å². The van der Waals surface area contributed by atoms with Gasteiger partial charge >= 0.3 is 0 Å². The van der Waals surface area contributed by atoms with Crippen LogP contribution in [0.3, 0.4) is 0 Å². The number of hydrogen-bond acceptors (Lipinski definition) is 4. The number of aromatic nitrogens is 1. The molecule has 1 aromatic heterocycles. The van der Waals surface area contributed by atoms with Crippen LogP contribution in [0.1, 0.15) is 16.8 Å². The van der Waals surface area contributed by atoms with E-state index in [-0.39, 0.29) is 5.91 Å². The van der Waals surface area contributed by atoms with E-state index in [2.05, 4.69) is 33.9 Å². The Labute approximate surface area is 207 Å². The van der Waals surface area contributed by atoms with Gasteiger partial charge in [0.15, 0.2) is 5.17 Å². The molecule has 1 fully saturated rings. The van der Waals surface area contributed by atoms with Crippen molar-refractivity contribution in [1.82, 2.24) is 9.88 Å². The molecule has 0 radical (unpaired) electrons. The van der Waals surface area contributed by atoms with Crippen molar-refractivity contribution in [3.8, 4) is 5.75 Å². The van der Waals surface area contributed by atoms with Gasteiger partial charge in [-0.05, 0) is 72.8 Å². The molecule has 1 aliphatic rings. The zero-order valence-electron chi connectivity index (χ0n) is 18.7. The van der Waals surface area contributed by atoms with Crippen LogP contribution >= 0.6 is 23.4 Å². The van der Waals surface area contributed by atoms with E-state index in [9.17, 15) is 4.79 Å². The van der Waals surface area contributed by atoms with E-state index in [1.54, 1.807) is 7.11 Å². The molecule has 2 heterocycles. The topological polar surface area (TPSA) is 55.6 Å². The normalized spacial score (nSPS) is 15.9.